The molecule has 0 bridgehead atoms. The number of benzene rings is 1. The summed E-state index contributed by atoms with van der Waals surface area (Å²) in [6, 6.07) is 13.4. The Balaban J connectivity index is 1.62. The Bertz CT molecular complexity index is 827. The maximum Gasteiger partial charge on any atom is 0.280 e. The number of para-hydroxylation sites is 1. The van der Waals surface area contributed by atoms with E-state index in [0.717, 1.165) is 11.4 Å². The molecule has 3 aromatic rings. The van der Waals surface area contributed by atoms with Gasteiger partial charge in [0.05, 0.1) is 23.8 Å². The van der Waals surface area contributed by atoms with Gasteiger partial charge in [-0.2, -0.15) is 0 Å². The third kappa shape index (κ3) is 3.03. The molecule has 1 amide bonds. The van der Waals surface area contributed by atoms with Gasteiger partial charge in [0.25, 0.3) is 5.91 Å². The second kappa shape index (κ2) is 6.23. The van der Waals surface area contributed by atoms with Gasteiger partial charge in [-0.05, 0) is 43.0 Å². The molecule has 1 fully saturated rings. The summed E-state index contributed by atoms with van der Waals surface area (Å²) in [7, 11) is 0. The Morgan fingerprint density at radius 1 is 1.17 bits per heavy atom. The molecule has 1 aromatic carbocycles. The molecule has 120 valence electrons. The molecule has 1 aliphatic carbocycles. The standard InChI is InChI=1S/C18H17N5O/c24-18(17-13-23(21-20-17)15-5-2-1-3-6-15)22(12-14-8-9-14)16-7-4-10-19-11-16/h1-7,10-11,13-14H,8-9,12H2. The molecule has 0 unspecified atom stereocenters. The van der Waals surface area contributed by atoms with Crippen LogP contribution in [-0.2, 0) is 0 Å². The minimum Gasteiger partial charge on any atom is -0.305 e. The molecule has 1 saturated carbocycles. The van der Waals surface area contributed by atoms with Gasteiger partial charge in [-0.25, -0.2) is 4.68 Å². The van der Waals surface area contributed by atoms with Crippen molar-refractivity contribution in [3.8, 4) is 5.69 Å². The van der Waals surface area contributed by atoms with Crippen molar-refractivity contribution in [2.24, 2.45) is 5.92 Å². The van der Waals surface area contributed by atoms with Crippen LogP contribution in [0.3, 0.4) is 0 Å². The molecule has 24 heavy (non-hydrogen) atoms. The smallest absolute Gasteiger partial charge is 0.280 e. The molecule has 0 spiro atoms. The molecule has 6 heteroatoms. The van der Waals surface area contributed by atoms with E-state index in [4.69, 9.17) is 0 Å². The van der Waals surface area contributed by atoms with E-state index in [0.29, 0.717) is 18.2 Å². The lowest BCUT2D eigenvalue weighted by molar-refractivity contribution is 0.0981. The molecular weight excluding hydrogens is 302 g/mol. The summed E-state index contributed by atoms with van der Waals surface area (Å²) in [4.78, 5) is 18.8. The van der Waals surface area contributed by atoms with E-state index in [9.17, 15) is 4.79 Å². The summed E-state index contributed by atoms with van der Waals surface area (Å²) in [5.74, 6) is 0.426. The first-order chi connectivity index (χ1) is 11.8. The molecule has 0 saturated heterocycles. The number of nitrogens with zero attached hydrogens (tertiary/aromatic N) is 5. The minimum absolute atomic E-state index is 0.142. The topological polar surface area (TPSA) is 63.9 Å². The number of carbonyl (C=O) groups excluding carboxylic acids is 1. The van der Waals surface area contributed by atoms with Crippen molar-refractivity contribution >= 4 is 11.6 Å². The minimum atomic E-state index is -0.142. The highest BCUT2D eigenvalue weighted by Gasteiger charge is 2.29. The lowest BCUT2D eigenvalue weighted by Crippen LogP contribution is -2.33. The van der Waals surface area contributed by atoms with Crippen LogP contribution >= 0.6 is 0 Å². The Morgan fingerprint density at radius 2 is 2.00 bits per heavy atom. The lowest BCUT2D eigenvalue weighted by atomic mass is 10.2. The highest BCUT2D eigenvalue weighted by atomic mass is 16.2. The van der Waals surface area contributed by atoms with Crippen LogP contribution in [-0.4, -0.2) is 32.4 Å². The molecule has 2 aromatic heterocycles. The normalized spacial score (nSPS) is 13.7. The largest absolute Gasteiger partial charge is 0.305 e. The van der Waals surface area contributed by atoms with Gasteiger partial charge in [-0.1, -0.05) is 23.4 Å². The summed E-state index contributed by atoms with van der Waals surface area (Å²) < 4.78 is 1.62. The van der Waals surface area contributed by atoms with Crippen molar-refractivity contribution in [3.63, 3.8) is 0 Å². The molecule has 1 aliphatic rings. The second-order valence-corrected chi connectivity index (χ2v) is 5.95. The molecule has 6 nitrogen and oxygen atoms in total. The summed E-state index contributed by atoms with van der Waals surface area (Å²) in [5.41, 5.74) is 2.01. The van der Waals surface area contributed by atoms with Crippen LogP contribution in [0.25, 0.3) is 5.69 Å². The van der Waals surface area contributed by atoms with Gasteiger partial charge in [-0.3, -0.25) is 9.78 Å². The van der Waals surface area contributed by atoms with E-state index in [-0.39, 0.29) is 5.91 Å². The number of pyridine rings is 1. The number of hydrogen-bond donors (Lipinski definition) is 0. The van der Waals surface area contributed by atoms with Gasteiger partial charge >= 0.3 is 0 Å². The Kier molecular flexibility index (Phi) is 3.78. The van der Waals surface area contributed by atoms with Gasteiger partial charge in [0, 0.05) is 12.7 Å². The third-order valence-corrected chi connectivity index (χ3v) is 4.07. The fourth-order valence-corrected chi connectivity index (χ4v) is 2.58. The van der Waals surface area contributed by atoms with E-state index >= 15 is 0 Å². The van der Waals surface area contributed by atoms with Crippen molar-refractivity contribution in [2.75, 3.05) is 11.4 Å². The number of amides is 1. The quantitative estimate of drug-likeness (QED) is 0.725. The SMILES string of the molecule is O=C(c1cn(-c2ccccc2)nn1)N(CC1CC1)c1cccnc1. The van der Waals surface area contributed by atoms with Gasteiger partial charge in [0.2, 0.25) is 0 Å². The maximum atomic E-state index is 12.9. The zero-order chi connectivity index (χ0) is 16.4. The fraction of sp³-hybridized carbons (Fsp3) is 0.222. The van der Waals surface area contributed by atoms with Crippen LogP contribution in [0.4, 0.5) is 5.69 Å². The van der Waals surface area contributed by atoms with Crippen LogP contribution in [0.5, 0.6) is 0 Å². The van der Waals surface area contributed by atoms with Gasteiger partial charge in [0.15, 0.2) is 5.69 Å². The zero-order valence-electron chi connectivity index (χ0n) is 13.1. The lowest BCUT2D eigenvalue weighted by Gasteiger charge is -2.21. The Morgan fingerprint density at radius 3 is 2.71 bits per heavy atom. The number of carbonyl (C=O) groups is 1. The average Bonchev–Trinajstić information content (AvgIpc) is 3.33. The monoisotopic (exact) mass is 319 g/mol. The highest BCUT2D eigenvalue weighted by molar-refractivity contribution is 6.04. The highest BCUT2D eigenvalue weighted by Crippen LogP contribution is 2.31. The summed E-state index contributed by atoms with van der Waals surface area (Å²) in [6.07, 6.45) is 7.42. The summed E-state index contributed by atoms with van der Waals surface area (Å²) >= 11 is 0. The molecule has 0 aliphatic heterocycles. The third-order valence-electron chi connectivity index (χ3n) is 4.07. The summed E-state index contributed by atoms with van der Waals surface area (Å²) in [6.45, 7) is 0.697. The molecule has 4 rings (SSSR count). The van der Waals surface area contributed by atoms with Crippen molar-refractivity contribution in [1.29, 1.82) is 0 Å². The first kappa shape index (κ1) is 14.6. The molecule has 0 atom stereocenters. The number of aromatic nitrogens is 4. The molecule has 0 N–H and O–H groups in total. The Labute approximate surface area is 139 Å². The van der Waals surface area contributed by atoms with Gasteiger partial charge < -0.3 is 4.90 Å². The van der Waals surface area contributed by atoms with Crippen LogP contribution in [0.15, 0.2) is 61.1 Å². The number of rotatable bonds is 5. The van der Waals surface area contributed by atoms with Gasteiger partial charge in [0.1, 0.15) is 0 Å². The fourth-order valence-electron chi connectivity index (χ4n) is 2.58. The van der Waals surface area contributed by atoms with E-state index in [2.05, 4.69) is 15.3 Å². The zero-order valence-corrected chi connectivity index (χ0v) is 13.1. The van der Waals surface area contributed by atoms with Crippen molar-refractivity contribution < 1.29 is 4.79 Å². The van der Waals surface area contributed by atoms with Crippen molar-refractivity contribution in [3.05, 3.63) is 66.7 Å². The average molecular weight is 319 g/mol. The van der Waals surface area contributed by atoms with Crippen LogP contribution < -0.4 is 4.90 Å². The predicted molar refractivity (Wildman–Crippen MR) is 90.0 cm³/mol. The maximum absolute atomic E-state index is 12.9. The van der Waals surface area contributed by atoms with E-state index in [1.807, 2.05) is 42.5 Å². The van der Waals surface area contributed by atoms with E-state index in [1.165, 1.54) is 12.8 Å². The number of hydrogen-bond acceptors (Lipinski definition) is 4. The Hall–Kier alpha value is -3.02. The van der Waals surface area contributed by atoms with Crippen molar-refractivity contribution in [1.82, 2.24) is 20.0 Å². The molecule has 2 heterocycles. The molecular formula is C18H17N5O. The summed E-state index contributed by atoms with van der Waals surface area (Å²) in [5, 5.41) is 8.15. The first-order valence-electron chi connectivity index (χ1n) is 8.01. The van der Waals surface area contributed by atoms with E-state index in [1.54, 1.807) is 28.2 Å². The van der Waals surface area contributed by atoms with Crippen LogP contribution in [0.1, 0.15) is 23.3 Å². The van der Waals surface area contributed by atoms with Crippen LogP contribution in [0, 0.1) is 5.92 Å². The second-order valence-electron chi connectivity index (χ2n) is 5.95. The van der Waals surface area contributed by atoms with Crippen LogP contribution in [0.2, 0.25) is 0 Å². The predicted octanol–water partition coefficient (Wildman–Crippen LogP) is 2.72. The molecule has 0 radical (unpaired) electrons. The number of anilines is 1. The van der Waals surface area contributed by atoms with Gasteiger partial charge in [-0.15, -0.1) is 5.10 Å². The van der Waals surface area contributed by atoms with E-state index < -0.39 is 0 Å². The van der Waals surface area contributed by atoms with Crippen molar-refractivity contribution in [2.45, 2.75) is 12.8 Å². The first-order valence-corrected chi connectivity index (χ1v) is 8.01.